The van der Waals surface area contributed by atoms with Gasteiger partial charge in [0.25, 0.3) is 0 Å². The van der Waals surface area contributed by atoms with Crippen molar-refractivity contribution in [3.8, 4) is 0 Å². The lowest BCUT2D eigenvalue weighted by Gasteiger charge is -2.37. The molecule has 0 N–H and O–H groups in total. The summed E-state index contributed by atoms with van der Waals surface area (Å²) >= 11 is 0. The molecule has 0 bridgehead atoms. The van der Waals surface area contributed by atoms with Gasteiger partial charge >= 0.3 is 6.03 Å². The number of nitrogens with zero attached hydrogens (tertiary/aromatic N) is 4. The minimum atomic E-state index is -0.792. The average molecular weight is 549 g/mol. The van der Waals surface area contributed by atoms with Gasteiger partial charge in [0.1, 0.15) is 12.2 Å². The molecule has 0 saturated carbocycles. The molecule has 2 aromatic carbocycles. The Labute approximate surface area is 241 Å². The van der Waals surface area contributed by atoms with Crippen molar-refractivity contribution >= 4 is 6.03 Å². The fourth-order valence-electron chi connectivity index (χ4n) is 6.12. The van der Waals surface area contributed by atoms with Crippen LogP contribution >= 0.6 is 0 Å². The normalized spacial score (nSPS) is 23.7. The maximum atomic E-state index is 14.9. The van der Waals surface area contributed by atoms with Crippen LogP contribution < -0.4 is 0 Å². The monoisotopic (exact) mass is 548 g/mol. The van der Waals surface area contributed by atoms with Gasteiger partial charge < -0.3 is 19.3 Å². The molecule has 2 saturated heterocycles. The highest BCUT2D eigenvalue weighted by Gasteiger charge is 2.55. The Bertz CT molecular complexity index is 1310. The Morgan fingerprint density at radius 3 is 1.39 bits per heavy atom. The van der Waals surface area contributed by atoms with Crippen LogP contribution in [0.15, 0.2) is 110 Å². The van der Waals surface area contributed by atoms with Gasteiger partial charge in [0.05, 0.1) is 12.1 Å². The lowest BCUT2D eigenvalue weighted by atomic mass is 9.91. The minimum absolute atomic E-state index is 0.0183. The van der Waals surface area contributed by atoms with Crippen LogP contribution in [0.3, 0.4) is 0 Å². The van der Waals surface area contributed by atoms with Crippen molar-refractivity contribution in [2.75, 3.05) is 0 Å². The Morgan fingerprint density at radius 2 is 1.00 bits per heavy atom. The van der Waals surface area contributed by atoms with E-state index in [9.17, 15) is 4.79 Å². The number of carbonyl (C=O) groups is 1. The number of carbonyl (C=O) groups excluding carboxylic acids is 1. The maximum absolute atomic E-state index is 14.9. The molecule has 0 unspecified atom stereocenters. The van der Waals surface area contributed by atoms with E-state index in [1.54, 1.807) is 24.8 Å². The average Bonchev–Trinajstić information content (AvgIpc) is 3.30. The van der Waals surface area contributed by atoms with E-state index in [-0.39, 0.29) is 30.3 Å². The van der Waals surface area contributed by atoms with Crippen LogP contribution in [0.2, 0.25) is 0 Å². The van der Waals surface area contributed by atoms with Crippen LogP contribution in [0.25, 0.3) is 0 Å². The molecule has 2 fully saturated rings. The Kier molecular flexibility index (Phi) is 7.81. The minimum Gasteiger partial charge on any atom is -0.342 e. The smallest absolute Gasteiger partial charge is 0.321 e. The van der Waals surface area contributed by atoms with Gasteiger partial charge in [-0.2, -0.15) is 0 Å². The molecule has 7 nitrogen and oxygen atoms in total. The van der Waals surface area contributed by atoms with E-state index in [0.717, 1.165) is 22.3 Å². The van der Waals surface area contributed by atoms with Crippen LogP contribution in [0.1, 0.15) is 36.1 Å². The number of hydrogen-bond donors (Lipinski definition) is 0. The zero-order chi connectivity index (χ0) is 28.2. The molecule has 0 aliphatic carbocycles. The highest BCUT2D eigenvalue weighted by molar-refractivity contribution is 5.76. The quantitative estimate of drug-likeness (QED) is 0.284. The van der Waals surface area contributed by atoms with Gasteiger partial charge in [-0.05, 0) is 73.2 Å². The molecule has 2 amide bonds. The largest absolute Gasteiger partial charge is 0.342 e. The van der Waals surface area contributed by atoms with Crippen molar-refractivity contribution in [3.63, 3.8) is 0 Å². The third kappa shape index (κ3) is 6.16. The zero-order valence-corrected chi connectivity index (χ0v) is 23.5. The fourth-order valence-corrected chi connectivity index (χ4v) is 6.12. The maximum Gasteiger partial charge on any atom is 0.321 e. The third-order valence-corrected chi connectivity index (χ3v) is 7.99. The van der Waals surface area contributed by atoms with Gasteiger partial charge in [0.2, 0.25) is 0 Å². The number of aromatic nitrogens is 2. The number of ether oxygens (including phenoxy) is 2. The standard InChI is InChI=1S/C34H36N4O3/c1-34(2)40-31-29(21-25-13-17-35-18-14-25)37(23-27-9-5-3-6-10-27)33(39)38(24-28-11-7-4-8-12-28)30(32(31)41-34)22-26-15-19-36-20-16-26/h3-20,29-32H,21-24H2,1-2H3/t29-,30-,31+,32+/m1/s1. The van der Waals surface area contributed by atoms with Crippen molar-refractivity contribution < 1.29 is 14.3 Å². The summed E-state index contributed by atoms with van der Waals surface area (Å²) in [6.07, 6.45) is 7.80. The number of rotatable bonds is 8. The summed E-state index contributed by atoms with van der Waals surface area (Å²) in [5.41, 5.74) is 4.35. The van der Waals surface area contributed by atoms with Crippen LogP contribution in [-0.4, -0.2) is 55.9 Å². The van der Waals surface area contributed by atoms with E-state index < -0.39 is 5.79 Å². The molecule has 2 aromatic heterocycles. The van der Waals surface area contributed by atoms with Gasteiger partial charge in [0.15, 0.2) is 5.79 Å². The Balaban J connectivity index is 1.48. The molecule has 4 heterocycles. The molecule has 210 valence electrons. The van der Waals surface area contributed by atoms with Crippen LogP contribution in [0.5, 0.6) is 0 Å². The van der Waals surface area contributed by atoms with Crippen LogP contribution in [0.4, 0.5) is 4.79 Å². The van der Waals surface area contributed by atoms with Crippen LogP contribution in [0, 0.1) is 0 Å². The third-order valence-electron chi connectivity index (χ3n) is 7.99. The van der Waals surface area contributed by atoms with Crippen molar-refractivity contribution in [1.29, 1.82) is 0 Å². The highest BCUT2D eigenvalue weighted by atomic mass is 16.8. The summed E-state index contributed by atoms with van der Waals surface area (Å²) in [5, 5.41) is 0. The summed E-state index contributed by atoms with van der Waals surface area (Å²) in [5.74, 6) is -0.792. The second-order valence-electron chi connectivity index (χ2n) is 11.3. The van der Waals surface area contributed by atoms with Gasteiger partial charge in [-0.3, -0.25) is 9.97 Å². The molecule has 6 rings (SSSR count). The predicted octanol–water partition coefficient (Wildman–Crippen LogP) is 5.66. The summed E-state index contributed by atoms with van der Waals surface area (Å²) < 4.78 is 13.5. The first-order valence-electron chi connectivity index (χ1n) is 14.3. The number of benzene rings is 2. The molecule has 41 heavy (non-hydrogen) atoms. The van der Waals surface area contributed by atoms with Crippen molar-refractivity contribution in [2.45, 2.75) is 69.9 Å². The SMILES string of the molecule is CC1(C)O[C@@H]2[C@@H](O1)[C@@H](Cc1ccncc1)N(Cc1ccccc1)C(=O)N(Cc1ccccc1)[C@@H]2Cc1ccncc1. The van der Waals surface area contributed by atoms with E-state index in [1.807, 2.05) is 84.3 Å². The Morgan fingerprint density at radius 1 is 0.610 bits per heavy atom. The van der Waals surface area contributed by atoms with Gasteiger partial charge in [0, 0.05) is 37.9 Å². The van der Waals surface area contributed by atoms with Crippen molar-refractivity contribution in [3.05, 3.63) is 132 Å². The second kappa shape index (κ2) is 11.8. The Hall–Kier alpha value is -4.07. The molecule has 0 spiro atoms. The molecular formula is C34H36N4O3. The molecular weight excluding hydrogens is 512 g/mol. The number of fused-ring (bicyclic) bond motifs is 1. The zero-order valence-electron chi connectivity index (χ0n) is 23.5. The van der Waals surface area contributed by atoms with E-state index in [4.69, 9.17) is 9.47 Å². The number of hydrogen-bond acceptors (Lipinski definition) is 5. The lowest BCUT2D eigenvalue weighted by molar-refractivity contribution is -0.157. The van der Waals surface area contributed by atoms with E-state index in [0.29, 0.717) is 25.9 Å². The first kappa shape index (κ1) is 27.1. The number of pyridine rings is 2. The van der Waals surface area contributed by atoms with E-state index >= 15 is 0 Å². The second-order valence-corrected chi connectivity index (χ2v) is 11.3. The first-order valence-corrected chi connectivity index (χ1v) is 14.3. The number of amides is 2. The van der Waals surface area contributed by atoms with Crippen molar-refractivity contribution in [1.82, 2.24) is 19.8 Å². The summed E-state index contributed by atoms with van der Waals surface area (Å²) in [4.78, 5) is 27.3. The molecule has 4 atom stereocenters. The summed E-state index contributed by atoms with van der Waals surface area (Å²) in [6, 6.07) is 27.9. The topological polar surface area (TPSA) is 67.8 Å². The van der Waals surface area contributed by atoms with Gasteiger partial charge in [-0.25, -0.2) is 4.79 Å². The molecule has 2 aliphatic heterocycles. The molecule has 7 heteroatoms. The van der Waals surface area contributed by atoms with E-state index in [2.05, 4.69) is 34.2 Å². The number of urea groups is 1. The van der Waals surface area contributed by atoms with Gasteiger partial charge in [-0.15, -0.1) is 0 Å². The first-order chi connectivity index (χ1) is 20.0. The highest BCUT2D eigenvalue weighted by Crippen LogP contribution is 2.40. The molecule has 2 aliphatic rings. The summed E-state index contributed by atoms with van der Waals surface area (Å²) in [6.45, 7) is 4.88. The molecule has 0 radical (unpaired) electrons. The fraction of sp³-hybridized carbons (Fsp3) is 0.324. The predicted molar refractivity (Wildman–Crippen MR) is 157 cm³/mol. The molecule has 4 aromatic rings. The van der Waals surface area contributed by atoms with Gasteiger partial charge in [-0.1, -0.05) is 60.7 Å². The van der Waals surface area contributed by atoms with Crippen molar-refractivity contribution in [2.24, 2.45) is 0 Å². The lowest BCUT2D eigenvalue weighted by Crippen LogP contribution is -2.51. The summed E-state index contributed by atoms with van der Waals surface area (Å²) in [7, 11) is 0. The van der Waals surface area contributed by atoms with E-state index in [1.165, 1.54) is 0 Å². The van der Waals surface area contributed by atoms with Crippen LogP contribution in [-0.2, 0) is 35.4 Å².